The Morgan fingerprint density at radius 1 is 1.00 bits per heavy atom. The Hall–Kier alpha value is -0.340. The average molecular weight is 314 g/mol. The Labute approximate surface area is 101 Å². The lowest BCUT2D eigenvalue weighted by molar-refractivity contribution is 1.34. The van der Waals surface area contributed by atoms with E-state index in [0.717, 1.165) is 4.47 Å². The molecule has 0 spiro atoms. The van der Waals surface area contributed by atoms with Gasteiger partial charge in [0, 0.05) is 8.95 Å². The van der Waals surface area contributed by atoms with Crippen molar-refractivity contribution >= 4 is 42.6 Å². The van der Waals surface area contributed by atoms with Gasteiger partial charge in [0.05, 0.1) is 0 Å². The van der Waals surface area contributed by atoms with Crippen LogP contribution in [0, 0.1) is 13.8 Å². The van der Waals surface area contributed by atoms with Gasteiger partial charge >= 0.3 is 0 Å². The van der Waals surface area contributed by atoms with Gasteiger partial charge in [-0.05, 0) is 63.8 Å². The maximum Gasteiger partial charge on any atom is 0.0285 e. The van der Waals surface area contributed by atoms with Gasteiger partial charge in [-0.15, -0.1) is 0 Å². The summed E-state index contributed by atoms with van der Waals surface area (Å²) in [5.41, 5.74) is 2.63. The van der Waals surface area contributed by atoms with Crippen LogP contribution in [0.25, 0.3) is 10.8 Å². The molecular weight excluding hydrogens is 304 g/mol. The van der Waals surface area contributed by atoms with E-state index in [9.17, 15) is 0 Å². The van der Waals surface area contributed by atoms with Crippen LogP contribution >= 0.6 is 31.9 Å². The summed E-state index contributed by atoms with van der Waals surface area (Å²) in [6.07, 6.45) is 0. The number of rotatable bonds is 0. The third-order valence-electron chi connectivity index (χ3n) is 2.57. The molecule has 0 heterocycles. The Morgan fingerprint density at radius 3 is 2.43 bits per heavy atom. The van der Waals surface area contributed by atoms with E-state index in [1.165, 1.54) is 26.4 Å². The first-order valence-corrected chi connectivity index (χ1v) is 6.04. The van der Waals surface area contributed by atoms with Gasteiger partial charge in [-0.2, -0.15) is 0 Å². The minimum Gasteiger partial charge on any atom is -0.0605 e. The highest BCUT2D eigenvalue weighted by Gasteiger charge is 2.06. The summed E-state index contributed by atoms with van der Waals surface area (Å²) >= 11 is 7.21. The van der Waals surface area contributed by atoms with Crippen molar-refractivity contribution < 1.29 is 0 Å². The van der Waals surface area contributed by atoms with E-state index in [4.69, 9.17) is 0 Å². The highest BCUT2D eigenvalue weighted by molar-refractivity contribution is 9.11. The maximum atomic E-state index is 3.64. The predicted octanol–water partition coefficient (Wildman–Crippen LogP) is 4.98. The first-order valence-electron chi connectivity index (χ1n) is 4.45. The zero-order chi connectivity index (χ0) is 10.3. The number of hydrogen-bond donors (Lipinski definition) is 0. The molecule has 0 atom stereocenters. The quantitative estimate of drug-likeness (QED) is 0.643. The van der Waals surface area contributed by atoms with E-state index in [2.05, 4.69) is 70.0 Å². The standard InChI is InChI=1S/C12H10Br2/c1-7-6-10-9(12(14)8(7)2)4-3-5-11(10)13/h3-6H,1-2H3. The summed E-state index contributed by atoms with van der Waals surface area (Å²) in [5, 5.41) is 2.53. The van der Waals surface area contributed by atoms with Crippen molar-refractivity contribution in [2.45, 2.75) is 13.8 Å². The fraction of sp³-hybridized carbons (Fsp3) is 0.167. The Balaban J connectivity index is 2.98. The smallest absolute Gasteiger partial charge is 0.0285 e. The van der Waals surface area contributed by atoms with Gasteiger partial charge in [0.25, 0.3) is 0 Å². The molecule has 0 aliphatic carbocycles. The molecule has 0 nitrogen and oxygen atoms in total. The van der Waals surface area contributed by atoms with Crippen LogP contribution in [-0.2, 0) is 0 Å². The summed E-state index contributed by atoms with van der Waals surface area (Å²) in [5.74, 6) is 0. The second kappa shape index (κ2) is 3.67. The van der Waals surface area contributed by atoms with Gasteiger partial charge in [-0.25, -0.2) is 0 Å². The normalized spacial score (nSPS) is 10.9. The Morgan fingerprint density at radius 2 is 1.71 bits per heavy atom. The van der Waals surface area contributed by atoms with E-state index < -0.39 is 0 Å². The van der Waals surface area contributed by atoms with Crippen molar-refractivity contribution in [3.63, 3.8) is 0 Å². The molecule has 0 aliphatic rings. The molecule has 2 aromatic carbocycles. The SMILES string of the molecule is Cc1cc2c(Br)cccc2c(Br)c1C. The first-order chi connectivity index (χ1) is 6.61. The molecule has 0 bridgehead atoms. The van der Waals surface area contributed by atoms with Gasteiger partial charge in [0.15, 0.2) is 0 Å². The summed E-state index contributed by atoms with van der Waals surface area (Å²) < 4.78 is 2.35. The van der Waals surface area contributed by atoms with Crippen LogP contribution in [0.15, 0.2) is 33.2 Å². The molecular formula is C12H10Br2. The molecule has 14 heavy (non-hydrogen) atoms. The lowest BCUT2D eigenvalue weighted by Gasteiger charge is -2.09. The van der Waals surface area contributed by atoms with Gasteiger partial charge < -0.3 is 0 Å². The number of hydrogen-bond acceptors (Lipinski definition) is 0. The number of halogens is 2. The van der Waals surface area contributed by atoms with Crippen LogP contribution in [0.2, 0.25) is 0 Å². The van der Waals surface area contributed by atoms with Gasteiger partial charge in [-0.3, -0.25) is 0 Å². The van der Waals surface area contributed by atoms with E-state index in [-0.39, 0.29) is 0 Å². The largest absolute Gasteiger partial charge is 0.0605 e. The molecule has 0 unspecified atom stereocenters. The minimum atomic E-state index is 1.15. The van der Waals surface area contributed by atoms with E-state index in [1.807, 2.05) is 0 Å². The summed E-state index contributed by atoms with van der Waals surface area (Å²) in [4.78, 5) is 0. The van der Waals surface area contributed by atoms with E-state index in [1.54, 1.807) is 0 Å². The number of benzene rings is 2. The fourth-order valence-corrected chi connectivity index (χ4v) is 2.71. The molecule has 0 amide bonds. The maximum absolute atomic E-state index is 3.64. The van der Waals surface area contributed by atoms with Gasteiger partial charge in [0.1, 0.15) is 0 Å². The zero-order valence-corrected chi connectivity index (χ0v) is 11.2. The van der Waals surface area contributed by atoms with E-state index in [0.29, 0.717) is 0 Å². The average Bonchev–Trinajstić information content (AvgIpc) is 2.17. The molecule has 2 aromatic rings. The van der Waals surface area contributed by atoms with Crippen molar-refractivity contribution in [2.75, 3.05) is 0 Å². The first kappa shape index (κ1) is 10.2. The third kappa shape index (κ3) is 1.51. The van der Waals surface area contributed by atoms with Crippen molar-refractivity contribution in [1.82, 2.24) is 0 Å². The van der Waals surface area contributed by atoms with Crippen LogP contribution < -0.4 is 0 Å². The molecule has 2 heteroatoms. The lowest BCUT2D eigenvalue weighted by Crippen LogP contribution is -1.85. The summed E-state index contributed by atoms with van der Waals surface area (Å²) in [7, 11) is 0. The molecule has 0 saturated carbocycles. The molecule has 0 radical (unpaired) electrons. The molecule has 72 valence electrons. The molecule has 0 N–H and O–H groups in total. The molecule has 0 aromatic heterocycles. The monoisotopic (exact) mass is 312 g/mol. The predicted molar refractivity (Wildman–Crippen MR) is 68.8 cm³/mol. The highest BCUT2D eigenvalue weighted by atomic mass is 79.9. The Kier molecular flexibility index (Phi) is 2.67. The second-order valence-corrected chi connectivity index (χ2v) is 5.11. The number of aryl methyl sites for hydroxylation is 1. The summed E-state index contributed by atoms with van der Waals surface area (Å²) in [6.45, 7) is 4.28. The van der Waals surface area contributed by atoms with Crippen LogP contribution in [-0.4, -0.2) is 0 Å². The lowest BCUT2D eigenvalue weighted by atomic mass is 10.0. The van der Waals surface area contributed by atoms with Crippen LogP contribution in [0.4, 0.5) is 0 Å². The van der Waals surface area contributed by atoms with Crippen LogP contribution in [0.5, 0.6) is 0 Å². The fourth-order valence-electron chi connectivity index (χ4n) is 1.57. The zero-order valence-electron chi connectivity index (χ0n) is 8.07. The van der Waals surface area contributed by atoms with Crippen molar-refractivity contribution in [1.29, 1.82) is 0 Å². The minimum absolute atomic E-state index is 1.15. The molecule has 0 fully saturated rings. The molecule has 2 rings (SSSR count). The third-order valence-corrected chi connectivity index (χ3v) is 4.28. The second-order valence-electron chi connectivity index (χ2n) is 3.47. The highest BCUT2D eigenvalue weighted by Crippen LogP contribution is 2.33. The van der Waals surface area contributed by atoms with Crippen LogP contribution in [0.1, 0.15) is 11.1 Å². The van der Waals surface area contributed by atoms with Crippen molar-refractivity contribution in [3.8, 4) is 0 Å². The molecule has 0 saturated heterocycles. The summed E-state index contributed by atoms with van der Waals surface area (Å²) in [6, 6.07) is 8.49. The molecule has 0 aliphatic heterocycles. The van der Waals surface area contributed by atoms with Gasteiger partial charge in [0.2, 0.25) is 0 Å². The van der Waals surface area contributed by atoms with Crippen molar-refractivity contribution in [3.05, 3.63) is 44.3 Å². The number of fused-ring (bicyclic) bond motifs is 1. The Bertz CT molecular complexity index is 501. The van der Waals surface area contributed by atoms with Crippen molar-refractivity contribution in [2.24, 2.45) is 0 Å². The van der Waals surface area contributed by atoms with Gasteiger partial charge in [-0.1, -0.05) is 28.1 Å². The van der Waals surface area contributed by atoms with E-state index >= 15 is 0 Å². The van der Waals surface area contributed by atoms with Crippen LogP contribution in [0.3, 0.4) is 0 Å². The topological polar surface area (TPSA) is 0 Å².